The second-order valence-electron chi connectivity index (χ2n) is 6.06. The van der Waals surface area contributed by atoms with Crippen molar-refractivity contribution in [3.8, 4) is 17.2 Å². The van der Waals surface area contributed by atoms with Gasteiger partial charge in [0.05, 0.1) is 19.9 Å². The topological polar surface area (TPSA) is 74.1 Å². The quantitative estimate of drug-likeness (QED) is 0.481. The molecule has 0 radical (unpaired) electrons. The molecule has 0 saturated carbocycles. The van der Waals surface area contributed by atoms with Crippen LogP contribution < -0.4 is 19.6 Å². The fraction of sp³-hybridized carbons (Fsp3) is 0.238. The summed E-state index contributed by atoms with van der Waals surface area (Å²) in [4.78, 5) is 11.9. The fourth-order valence-electron chi connectivity index (χ4n) is 2.79. The van der Waals surface area contributed by atoms with E-state index in [4.69, 9.17) is 14.2 Å². The van der Waals surface area contributed by atoms with Crippen LogP contribution in [0.4, 0.5) is 0 Å². The predicted octanol–water partition coefficient (Wildman–Crippen LogP) is 3.11. The van der Waals surface area contributed by atoms with Crippen molar-refractivity contribution in [3.63, 3.8) is 0 Å². The van der Waals surface area contributed by atoms with Crippen LogP contribution in [0.15, 0.2) is 53.8 Å². The second kappa shape index (κ2) is 8.94. The van der Waals surface area contributed by atoms with Gasteiger partial charge >= 0.3 is 0 Å². The van der Waals surface area contributed by atoms with Crippen molar-refractivity contribution in [2.24, 2.45) is 12.1 Å². The van der Waals surface area contributed by atoms with Crippen LogP contribution in [0.1, 0.15) is 12.5 Å². The van der Waals surface area contributed by atoms with E-state index in [-0.39, 0.29) is 12.5 Å². The summed E-state index contributed by atoms with van der Waals surface area (Å²) < 4.78 is 18.1. The van der Waals surface area contributed by atoms with Gasteiger partial charge in [-0.05, 0) is 49.4 Å². The van der Waals surface area contributed by atoms with Gasteiger partial charge in [-0.2, -0.15) is 5.10 Å². The van der Waals surface area contributed by atoms with Crippen molar-refractivity contribution in [1.82, 2.24) is 9.99 Å². The number of rotatable bonds is 8. The van der Waals surface area contributed by atoms with E-state index in [1.807, 2.05) is 42.9 Å². The highest BCUT2D eigenvalue weighted by atomic mass is 16.5. The summed E-state index contributed by atoms with van der Waals surface area (Å²) in [5, 5.41) is 5.02. The van der Waals surface area contributed by atoms with Gasteiger partial charge in [0, 0.05) is 29.7 Å². The molecule has 7 heteroatoms. The minimum Gasteiger partial charge on any atom is -0.497 e. The zero-order chi connectivity index (χ0) is 19.9. The van der Waals surface area contributed by atoms with E-state index in [9.17, 15) is 4.79 Å². The lowest BCUT2D eigenvalue weighted by atomic mass is 10.2. The molecule has 3 aromatic rings. The van der Waals surface area contributed by atoms with Crippen LogP contribution in [0, 0.1) is 0 Å². The number of amides is 1. The first-order valence-electron chi connectivity index (χ1n) is 8.91. The van der Waals surface area contributed by atoms with Gasteiger partial charge in [0.25, 0.3) is 5.91 Å². The minimum atomic E-state index is -0.344. The molecule has 0 saturated heterocycles. The molecule has 1 heterocycles. The predicted molar refractivity (Wildman–Crippen MR) is 108 cm³/mol. The number of aryl methyl sites for hydroxylation is 1. The third-order valence-corrected chi connectivity index (χ3v) is 4.12. The fourth-order valence-corrected chi connectivity index (χ4v) is 2.79. The van der Waals surface area contributed by atoms with Crippen molar-refractivity contribution in [1.29, 1.82) is 0 Å². The van der Waals surface area contributed by atoms with Crippen LogP contribution in [-0.2, 0) is 11.8 Å². The number of methoxy groups -OCH3 is 1. The van der Waals surface area contributed by atoms with E-state index < -0.39 is 0 Å². The smallest absolute Gasteiger partial charge is 0.277 e. The van der Waals surface area contributed by atoms with E-state index in [0.717, 1.165) is 28.0 Å². The number of benzene rings is 2. The van der Waals surface area contributed by atoms with Gasteiger partial charge in [0.2, 0.25) is 0 Å². The Hall–Kier alpha value is -3.48. The van der Waals surface area contributed by atoms with Crippen molar-refractivity contribution < 1.29 is 19.0 Å². The summed E-state index contributed by atoms with van der Waals surface area (Å²) in [5.41, 5.74) is 4.40. The van der Waals surface area contributed by atoms with Gasteiger partial charge < -0.3 is 18.8 Å². The number of hydrogen-bond donors (Lipinski definition) is 1. The monoisotopic (exact) mass is 381 g/mol. The van der Waals surface area contributed by atoms with Crippen LogP contribution in [-0.4, -0.2) is 37.0 Å². The standard InChI is InChI=1S/C21H23N3O4/c1-4-27-16-5-7-17(8-6-16)28-14-21(25)23-22-12-15-13-24(2)20-10-9-18(26-3)11-19(15)20/h5-13H,4,14H2,1-3H3,(H,23,25)/b22-12-. The zero-order valence-electron chi connectivity index (χ0n) is 16.1. The summed E-state index contributed by atoms with van der Waals surface area (Å²) in [5.74, 6) is 1.77. The Labute approximate surface area is 163 Å². The molecule has 0 spiro atoms. The summed E-state index contributed by atoms with van der Waals surface area (Å²) >= 11 is 0. The molecule has 0 fully saturated rings. The Kier molecular flexibility index (Phi) is 6.16. The number of ether oxygens (including phenoxy) is 3. The van der Waals surface area contributed by atoms with Crippen LogP contribution in [0.25, 0.3) is 10.9 Å². The molecule has 0 aliphatic heterocycles. The van der Waals surface area contributed by atoms with Crippen LogP contribution >= 0.6 is 0 Å². The number of carbonyl (C=O) groups is 1. The van der Waals surface area contributed by atoms with Gasteiger partial charge in [0.15, 0.2) is 6.61 Å². The SMILES string of the molecule is CCOc1ccc(OCC(=O)N/N=C\c2cn(C)c3ccc(OC)cc23)cc1. The first-order chi connectivity index (χ1) is 13.6. The van der Waals surface area contributed by atoms with Gasteiger partial charge in [0.1, 0.15) is 17.2 Å². The van der Waals surface area contributed by atoms with E-state index in [2.05, 4.69) is 10.5 Å². The number of hydrogen-bond acceptors (Lipinski definition) is 5. The van der Waals surface area contributed by atoms with E-state index in [0.29, 0.717) is 12.4 Å². The van der Waals surface area contributed by atoms with Crippen molar-refractivity contribution >= 4 is 23.0 Å². The van der Waals surface area contributed by atoms with E-state index >= 15 is 0 Å². The molecular formula is C21H23N3O4. The lowest BCUT2D eigenvalue weighted by molar-refractivity contribution is -0.123. The number of nitrogens with one attached hydrogen (secondary N) is 1. The molecule has 7 nitrogen and oxygen atoms in total. The number of carbonyl (C=O) groups excluding carboxylic acids is 1. The molecule has 3 rings (SSSR count). The van der Waals surface area contributed by atoms with Crippen molar-refractivity contribution in [3.05, 3.63) is 54.2 Å². The molecule has 1 amide bonds. The molecule has 0 bridgehead atoms. The number of aromatic nitrogens is 1. The summed E-state index contributed by atoms with van der Waals surface area (Å²) in [6.07, 6.45) is 3.55. The maximum absolute atomic E-state index is 11.9. The normalized spacial score (nSPS) is 11.0. The van der Waals surface area contributed by atoms with Gasteiger partial charge in [-0.25, -0.2) is 5.43 Å². The molecule has 146 valence electrons. The van der Waals surface area contributed by atoms with Gasteiger partial charge in [-0.15, -0.1) is 0 Å². The number of fused-ring (bicyclic) bond motifs is 1. The first kappa shape index (κ1) is 19.3. The van der Waals surface area contributed by atoms with Crippen LogP contribution in [0.3, 0.4) is 0 Å². The summed E-state index contributed by atoms with van der Waals surface area (Å²) in [6.45, 7) is 2.39. The van der Waals surface area contributed by atoms with E-state index in [1.165, 1.54) is 0 Å². The lowest BCUT2D eigenvalue weighted by Crippen LogP contribution is -2.24. The minimum absolute atomic E-state index is 0.130. The Balaban J connectivity index is 1.57. The third kappa shape index (κ3) is 4.62. The zero-order valence-corrected chi connectivity index (χ0v) is 16.1. The average Bonchev–Trinajstić information content (AvgIpc) is 3.02. The molecule has 1 aromatic heterocycles. The molecule has 0 atom stereocenters. The third-order valence-electron chi connectivity index (χ3n) is 4.12. The number of nitrogens with zero attached hydrogens (tertiary/aromatic N) is 2. The lowest BCUT2D eigenvalue weighted by Gasteiger charge is -2.06. The maximum atomic E-state index is 11.9. The van der Waals surface area contributed by atoms with E-state index in [1.54, 1.807) is 37.6 Å². The Bertz CT molecular complexity index is 977. The average molecular weight is 381 g/mol. The molecule has 0 aliphatic carbocycles. The van der Waals surface area contributed by atoms with Crippen LogP contribution in [0.5, 0.6) is 17.2 Å². The Morgan fingerprint density at radius 3 is 2.46 bits per heavy atom. The molecule has 0 aliphatic rings. The summed E-state index contributed by atoms with van der Waals surface area (Å²) in [7, 11) is 3.58. The highest BCUT2D eigenvalue weighted by molar-refractivity contribution is 6.00. The Morgan fingerprint density at radius 1 is 1.11 bits per heavy atom. The number of hydrazone groups is 1. The molecule has 28 heavy (non-hydrogen) atoms. The van der Waals surface area contributed by atoms with Crippen molar-refractivity contribution in [2.45, 2.75) is 6.92 Å². The second-order valence-corrected chi connectivity index (χ2v) is 6.06. The summed E-state index contributed by atoms with van der Waals surface area (Å²) in [6, 6.07) is 12.9. The molecule has 1 N–H and O–H groups in total. The first-order valence-corrected chi connectivity index (χ1v) is 8.91. The highest BCUT2D eigenvalue weighted by Gasteiger charge is 2.07. The molecular weight excluding hydrogens is 358 g/mol. The maximum Gasteiger partial charge on any atom is 0.277 e. The van der Waals surface area contributed by atoms with Crippen LogP contribution in [0.2, 0.25) is 0 Å². The molecule has 2 aromatic carbocycles. The van der Waals surface area contributed by atoms with Gasteiger partial charge in [-0.1, -0.05) is 0 Å². The largest absolute Gasteiger partial charge is 0.497 e. The molecule has 0 unspecified atom stereocenters. The highest BCUT2D eigenvalue weighted by Crippen LogP contribution is 2.24. The van der Waals surface area contributed by atoms with Gasteiger partial charge in [-0.3, -0.25) is 4.79 Å². The van der Waals surface area contributed by atoms with Crippen molar-refractivity contribution in [2.75, 3.05) is 20.3 Å². The Morgan fingerprint density at radius 2 is 1.79 bits per heavy atom.